The molecule has 1 aliphatic heterocycles. The molecule has 3 aromatic rings. The highest BCUT2D eigenvalue weighted by atomic mass is 32.2. The van der Waals surface area contributed by atoms with Crippen LogP contribution in [0.1, 0.15) is 19.4 Å². The largest absolute Gasteiger partial charge is 0.487 e. The Balaban J connectivity index is 1.72. The van der Waals surface area contributed by atoms with E-state index in [2.05, 4.69) is 19.9 Å². The van der Waals surface area contributed by atoms with Crippen LogP contribution in [0.4, 0.5) is 0 Å². The number of fused-ring (bicyclic) bond motifs is 1. The Morgan fingerprint density at radius 2 is 1.86 bits per heavy atom. The van der Waals surface area contributed by atoms with Crippen molar-refractivity contribution in [2.24, 2.45) is 5.92 Å². The number of aliphatic hydroxyl groups is 1. The number of benzene rings is 1. The van der Waals surface area contributed by atoms with Gasteiger partial charge in [-0.05, 0) is 49.4 Å². The molecule has 0 unspecified atom stereocenters. The molecule has 2 aromatic heterocycles. The van der Waals surface area contributed by atoms with Gasteiger partial charge in [-0.15, -0.1) is 0 Å². The van der Waals surface area contributed by atoms with Gasteiger partial charge in [-0.3, -0.25) is 9.88 Å². The summed E-state index contributed by atoms with van der Waals surface area (Å²) in [5, 5.41) is 9.82. The van der Waals surface area contributed by atoms with Gasteiger partial charge >= 0.3 is 0 Å². The van der Waals surface area contributed by atoms with E-state index in [-0.39, 0.29) is 35.8 Å². The SMILES string of the molecule is C[C@@H]1CN([C@@H](C)CO)S(=O)(=O)c2ccc(-c3cncnc3)cc2O[C@H]1CN(C)Cc1ccncc1. The van der Waals surface area contributed by atoms with Gasteiger partial charge in [0.25, 0.3) is 0 Å². The maximum atomic E-state index is 13.6. The number of hydrogen-bond donors (Lipinski definition) is 1. The molecular weight excluding hydrogens is 466 g/mol. The third-order valence-electron chi connectivity index (χ3n) is 6.25. The van der Waals surface area contributed by atoms with Gasteiger partial charge in [0.1, 0.15) is 23.1 Å². The minimum atomic E-state index is -3.89. The van der Waals surface area contributed by atoms with Gasteiger partial charge in [0.2, 0.25) is 10.0 Å². The highest BCUT2D eigenvalue weighted by molar-refractivity contribution is 7.89. The molecule has 0 bridgehead atoms. The fourth-order valence-electron chi connectivity index (χ4n) is 4.24. The molecule has 1 N–H and O–H groups in total. The maximum Gasteiger partial charge on any atom is 0.247 e. The highest BCUT2D eigenvalue weighted by Crippen LogP contribution is 2.36. The molecular formula is C25H31N5O4S. The van der Waals surface area contributed by atoms with E-state index >= 15 is 0 Å². The molecule has 186 valence electrons. The van der Waals surface area contributed by atoms with E-state index in [4.69, 9.17) is 4.74 Å². The lowest BCUT2D eigenvalue weighted by Gasteiger charge is -2.37. The molecule has 4 rings (SSSR count). The molecule has 10 heteroatoms. The first-order chi connectivity index (χ1) is 16.8. The van der Waals surface area contributed by atoms with Crippen molar-refractivity contribution in [1.82, 2.24) is 24.2 Å². The Labute approximate surface area is 206 Å². The summed E-state index contributed by atoms with van der Waals surface area (Å²) in [5.41, 5.74) is 2.66. The number of ether oxygens (including phenoxy) is 1. The highest BCUT2D eigenvalue weighted by Gasteiger charge is 2.38. The molecule has 35 heavy (non-hydrogen) atoms. The van der Waals surface area contributed by atoms with Crippen LogP contribution in [0.25, 0.3) is 11.1 Å². The zero-order valence-electron chi connectivity index (χ0n) is 20.2. The standard InChI is InChI=1S/C25H31N5O4S/c1-18-13-30(19(2)16-31)35(32,33)25-5-4-21(22-11-27-17-28-12-22)10-23(25)34-24(18)15-29(3)14-20-6-8-26-9-7-20/h4-12,17-19,24,31H,13-16H2,1-3H3/t18-,19+,24+/m1/s1. The van der Waals surface area contributed by atoms with Crippen LogP contribution in [0.2, 0.25) is 0 Å². The third-order valence-corrected chi connectivity index (χ3v) is 8.27. The Morgan fingerprint density at radius 3 is 2.54 bits per heavy atom. The zero-order chi connectivity index (χ0) is 25.0. The summed E-state index contributed by atoms with van der Waals surface area (Å²) in [5.74, 6) is 0.158. The molecule has 3 atom stereocenters. The number of rotatable bonds is 7. The van der Waals surface area contributed by atoms with Gasteiger partial charge < -0.3 is 9.84 Å². The van der Waals surface area contributed by atoms with E-state index in [1.165, 1.54) is 10.6 Å². The predicted molar refractivity (Wildman–Crippen MR) is 132 cm³/mol. The summed E-state index contributed by atoms with van der Waals surface area (Å²) < 4.78 is 35.1. The van der Waals surface area contributed by atoms with E-state index in [0.717, 1.165) is 16.7 Å². The van der Waals surface area contributed by atoms with Crippen LogP contribution >= 0.6 is 0 Å². The first-order valence-corrected chi connectivity index (χ1v) is 13.0. The van der Waals surface area contributed by atoms with Crippen LogP contribution in [-0.4, -0.2) is 76.6 Å². The second-order valence-corrected chi connectivity index (χ2v) is 10.9. The maximum absolute atomic E-state index is 13.6. The summed E-state index contributed by atoms with van der Waals surface area (Å²) in [6.07, 6.45) is 8.04. The van der Waals surface area contributed by atoms with Crippen LogP contribution in [-0.2, 0) is 16.6 Å². The molecule has 0 radical (unpaired) electrons. The monoisotopic (exact) mass is 497 g/mol. The van der Waals surface area contributed by atoms with Crippen molar-refractivity contribution in [3.63, 3.8) is 0 Å². The summed E-state index contributed by atoms with van der Waals surface area (Å²) in [7, 11) is -1.88. The molecule has 0 saturated heterocycles. The van der Waals surface area contributed by atoms with Crippen LogP contribution in [0.5, 0.6) is 5.75 Å². The molecule has 3 heterocycles. The molecule has 0 fully saturated rings. The van der Waals surface area contributed by atoms with Crippen molar-refractivity contribution in [1.29, 1.82) is 0 Å². The number of sulfonamides is 1. The molecule has 0 aliphatic carbocycles. The minimum Gasteiger partial charge on any atom is -0.487 e. The van der Waals surface area contributed by atoms with E-state index in [9.17, 15) is 13.5 Å². The molecule has 1 aliphatic rings. The van der Waals surface area contributed by atoms with Crippen molar-refractivity contribution in [3.8, 4) is 16.9 Å². The molecule has 1 aromatic carbocycles. The van der Waals surface area contributed by atoms with Crippen molar-refractivity contribution in [2.75, 3.05) is 26.7 Å². The number of pyridine rings is 1. The number of aliphatic hydroxyl groups excluding tert-OH is 1. The number of hydrogen-bond acceptors (Lipinski definition) is 8. The lowest BCUT2D eigenvalue weighted by Crippen LogP contribution is -2.49. The molecule has 0 amide bonds. The van der Waals surface area contributed by atoms with Gasteiger partial charge in [-0.25, -0.2) is 18.4 Å². The molecule has 0 spiro atoms. The van der Waals surface area contributed by atoms with Gasteiger partial charge in [0, 0.05) is 61.9 Å². The first kappa shape index (κ1) is 25.2. The van der Waals surface area contributed by atoms with Crippen LogP contribution in [0, 0.1) is 5.92 Å². The minimum absolute atomic E-state index is 0.0899. The van der Waals surface area contributed by atoms with Crippen molar-refractivity contribution < 1.29 is 18.3 Å². The van der Waals surface area contributed by atoms with Crippen LogP contribution < -0.4 is 4.74 Å². The normalized spacial score (nSPS) is 20.9. The summed E-state index contributed by atoms with van der Waals surface area (Å²) in [6.45, 7) is 4.96. The van der Waals surface area contributed by atoms with Crippen molar-refractivity contribution >= 4 is 10.0 Å². The average molecular weight is 498 g/mol. The molecule has 0 saturated carbocycles. The fraction of sp³-hybridized carbons (Fsp3) is 0.400. The van der Waals surface area contributed by atoms with Gasteiger partial charge in [0.15, 0.2) is 0 Å². The van der Waals surface area contributed by atoms with Gasteiger partial charge in [-0.1, -0.05) is 13.0 Å². The smallest absolute Gasteiger partial charge is 0.247 e. The lowest BCUT2D eigenvalue weighted by molar-refractivity contribution is 0.0734. The topological polar surface area (TPSA) is 109 Å². The number of likely N-dealkylation sites (N-methyl/N-ethyl adjacent to an activating group) is 1. The quantitative estimate of drug-likeness (QED) is 0.530. The first-order valence-electron chi connectivity index (χ1n) is 11.6. The Kier molecular flexibility index (Phi) is 7.75. The predicted octanol–water partition coefficient (Wildman–Crippen LogP) is 2.44. The van der Waals surface area contributed by atoms with E-state index < -0.39 is 16.1 Å². The Morgan fingerprint density at radius 1 is 1.14 bits per heavy atom. The molecule has 9 nitrogen and oxygen atoms in total. The Bertz CT molecular complexity index is 1230. The zero-order valence-corrected chi connectivity index (χ0v) is 21.0. The number of nitrogens with zero attached hydrogens (tertiary/aromatic N) is 5. The van der Waals surface area contributed by atoms with Crippen LogP contribution in [0.3, 0.4) is 0 Å². The van der Waals surface area contributed by atoms with E-state index in [1.807, 2.05) is 26.1 Å². The summed E-state index contributed by atoms with van der Waals surface area (Å²) >= 11 is 0. The summed E-state index contributed by atoms with van der Waals surface area (Å²) in [4.78, 5) is 14.5. The average Bonchev–Trinajstić information content (AvgIpc) is 2.86. The van der Waals surface area contributed by atoms with Crippen molar-refractivity contribution in [2.45, 2.75) is 37.4 Å². The summed E-state index contributed by atoms with van der Waals surface area (Å²) in [6, 6.07) is 8.42. The second kappa shape index (κ2) is 10.8. The van der Waals surface area contributed by atoms with Crippen molar-refractivity contribution in [3.05, 3.63) is 67.0 Å². The Hall–Kier alpha value is -2.92. The van der Waals surface area contributed by atoms with E-state index in [0.29, 0.717) is 13.1 Å². The van der Waals surface area contributed by atoms with Gasteiger partial charge in [0.05, 0.1) is 6.61 Å². The lowest BCUT2D eigenvalue weighted by atomic mass is 10.0. The van der Waals surface area contributed by atoms with Crippen LogP contribution in [0.15, 0.2) is 66.3 Å². The fourth-order valence-corrected chi connectivity index (χ4v) is 6.07. The third kappa shape index (κ3) is 5.67. The van der Waals surface area contributed by atoms with E-state index in [1.54, 1.807) is 49.9 Å². The second-order valence-electron chi connectivity index (χ2n) is 9.08. The van der Waals surface area contributed by atoms with Gasteiger partial charge in [-0.2, -0.15) is 4.31 Å². The number of aromatic nitrogens is 3.